The summed E-state index contributed by atoms with van der Waals surface area (Å²) in [4.78, 5) is 11.8. The number of nitrogens with one attached hydrogen (secondary N) is 2. The van der Waals surface area contributed by atoms with E-state index in [-0.39, 0.29) is 18.8 Å². The van der Waals surface area contributed by atoms with Crippen molar-refractivity contribution >= 4 is 11.7 Å². The van der Waals surface area contributed by atoms with Crippen LogP contribution in [0.15, 0.2) is 48.5 Å². The van der Waals surface area contributed by atoms with E-state index in [2.05, 4.69) is 24.5 Å². The van der Waals surface area contributed by atoms with Gasteiger partial charge in [-0.15, -0.1) is 0 Å². The molecule has 0 aromatic heterocycles. The van der Waals surface area contributed by atoms with Crippen molar-refractivity contribution in [3.8, 4) is 5.75 Å². The standard InChI is InChI=1S/C19H21F3N2O2/c1-13(2)16-5-3-4-6-17(16)26-12-11-23-18(25)24-15-9-7-14(8-10-15)19(20,21)22/h3-10,13H,11-12H2,1-2H3,(H2,23,24,25). The van der Waals surface area contributed by atoms with Crippen molar-refractivity contribution < 1.29 is 22.7 Å². The number of hydrogen-bond donors (Lipinski definition) is 2. The van der Waals surface area contributed by atoms with Crippen LogP contribution in [0.4, 0.5) is 23.7 Å². The molecule has 0 atom stereocenters. The fourth-order valence-corrected chi connectivity index (χ4v) is 2.33. The molecule has 0 saturated heterocycles. The first-order chi connectivity index (χ1) is 12.3. The van der Waals surface area contributed by atoms with Crippen LogP contribution in [-0.2, 0) is 6.18 Å². The van der Waals surface area contributed by atoms with Gasteiger partial charge in [-0.05, 0) is 41.8 Å². The number of hydrogen-bond acceptors (Lipinski definition) is 2. The van der Waals surface area contributed by atoms with Gasteiger partial charge in [0.25, 0.3) is 0 Å². The van der Waals surface area contributed by atoms with Crippen molar-refractivity contribution in [2.75, 3.05) is 18.5 Å². The Kier molecular flexibility index (Phi) is 6.49. The second kappa shape index (κ2) is 8.60. The normalized spacial score (nSPS) is 11.3. The predicted octanol–water partition coefficient (Wildman–Crippen LogP) is 5.03. The molecule has 2 rings (SSSR count). The van der Waals surface area contributed by atoms with E-state index in [1.807, 2.05) is 24.3 Å². The van der Waals surface area contributed by atoms with Crippen LogP contribution in [0.1, 0.15) is 30.9 Å². The first kappa shape index (κ1) is 19.6. The second-order valence-corrected chi connectivity index (χ2v) is 6.00. The van der Waals surface area contributed by atoms with Gasteiger partial charge in [0.2, 0.25) is 0 Å². The molecule has 0 heterocycles. The largest absolute Gasteiger partial charge is 0.491 e. The third kappa shape index (κ3) is 5.68. The zero-order chi connectivity index (χ0) is 19.2. The number of ether oxygens (including phenoxy) is 1. The number of anilines is 1. The fourth-order valence-electron chi connectivity index (χ4n) is 2.33. The number of carbonyl (C=O) groups is 1. The Bertz CT molecular complexity index is 728. The van der Waals surface area contributed by atoms with Crippen molar-refractivity contribution in [2.24, 2.45) is 0 Å². The highest BCUT2D eigenvalue weighted by atomic mass is 19.4. The Morgan fingerprint density at radius 1 is 1.08 bits per heavy atom. The molecule has 0 saturated carbocycles. The summed E-state index contributed by atoms with van der Waals surface area (Å²) in [5.74, 6) is 1.09. The molecule has 0 fully saturated rings. The maximum atomic E-state index is 12.5. The Balaban J connectivity index is 1.77. The number of benzene rings is 2. The predicted molar refractivity (Wildman–Crippen MR) is 94.5 cm³/mol. The maximum Gasteiger partial charge on any atom is 0.416 e. The van der Waals surface area contributed by atoms with Gasteiger partial charge in [-0.3, -0.25) is 0 Å². The van der Waals surface area contributed by atoms with Crippen molar-refractivity contribution in [3.05, 3.63) is 59.7 Å². The van der Waals surface area contributed by atoms with Gasteiger partial charge in [0.1, 0.15) is 12.4 Å². The molecular weight excluding hydrogens is 345 g/mol. The van der Waals surface area contributed by atoms with Crippen LogP contribution >= 0.6 is 0 Å². The molecule has 2 amide bonds. The number of rotatable bonds is 6. The fraction of sp³-hybridized carbons (Fsp3) is 0.316. The molecule has 0 spiro atoms. The van der Waals surface area contributed by atoms with E-state index < -0.39 is 17.8 Å². The number of alkyl halides is 3. The lowest BCUT2D eigenvalue weighted by atomic mass is 10.0. The van der Waals surface area contributed by atoms with Gasteiger partial charge < -0.3 is 15.4 Å². The molecule has 0 unspecified atom stereocenters. The lowest BCUT2D eigenvalue weighted by Gasteiger charge is -2.14. The quantitative estimate of drug-likeness (QED) is 0.705. The van der Waals surface area contributed by atoms with Gasteiger partial charge in [-0.2, -0.15) is 13.2 Å². The van der Waals surface area contributed by atoms with Crippen molar-refractivity contribution in [2.45, 2.75) is 25.9 Å². The topological polar surface area (TPSA) is 50.4 Å². The highest BCUT2D eigenvalue weighted by Gasteiger charge is 2.29. The summed E-state index contributed by atoms with van der Waals surface area (Å²) in [5.41, 5.74) is 0.601. The summed E-state index contributed by atoms with van der Waals surface area (Å²) >= 11 is 0. The number of halogens is 3. The summed E-state index contributed by atoms with van der Waals surface area (Å²) in [6.07, 6.45) is -4.40. The summed E-state index contributed by atoms with van der Waals surface area (Å²) in [5, 5.41) is 5.07. The van der Waals surface area contributed by atoms with Crippen LogP contribution in [-0.4, -0.2) is 19.2 Å². The van der Waals surface area contributed by atoms with Gasteiger partial charge in [0.05, 0.1) is 12.1 Å². The molecule has 26 heavy (non-hydrogen) atoms. The molecule has 0 aliphatic rings. The van der Waals surface area contributed by atoms with Crippen molar-refractivity contribution in [1.82, 2.24) is 5.32 Å². The third-order valence-electron chi connectivity index (χ3n) is 3.66. The molecule has 7 heteroatoms. The van der Waals surface area contributed by atoms with E-state index in [0.717, 1.165) is 23.4 Å². The number of carbonyl (C=O) groups excluding carboxylic acids is 1. The molecule has 4 nitrogen and oxygen atoms in total. The van der Waals surface area contributed by atoms with E-state index in [4.69, 9.17) is 4.74 Å². The van der Waals surface area contributed by atoms with E-state index in [0.29, 0.717) is 5.92 Å². The smallest absolute Gasteiger partial charge is 0.416 e. The van der Waals surface area contributed by atoms with Crippen LogP contribution < -0.4 is 15.4 Å². The second-order valence-electron chi connectivity index (χ2n) is 6.00. The molecule has 2 aromatic carbocycles. The van der Waals surface area contributed by atoms with Crippen LogP contribution in [0, 0.1) is 0 Å². The summed E-state index contributed by atoms with van der Waals surface area (Å²) in [6, 6.07) is 11.4. The Labute approximate surface area is 150 Å². The molecule has 0 aliphatic carbocycles. The minimum atomic E-state index is -4.40. The van der Waals surface area contributed by atoms with Gasteiger partial charge in [-0.1, -0.05) is 32.0 Å². The maximum absolute atomic E-state index is 12.5. The molecular formula is C19H21F3N2O2. The van der Waals surface area contributed by atoms with Crippen molar-refractivity contribution in [3.63, 3.8) is 0 Å². The summed E-state index contributed by atoms with van der Waals surface area (Å²) in [6.45, 7) is 4.68. The Hall–Kier alpha value is -2.70. The zero-order valence-corrected chi connectivity index (χ0v) is 14.6. The van der Waals surface area contributed by atoms with Crippen LogP contribution in [0.3, 0.4) is 0 Å². The summed E-state index contributed by atoms with van der Waals surface area (Å²) in [7, 11) is 0. The van der Waals surface area contributed by atoms with E-state index in [1.165, 1.54) is 12.1 Å². The van der Waals surface area contributed by atoms with Crippen LogP contribution in [0.5, 0.6) is 5.75 Å². The molecule has 2 aromatic rings. The average Bonchev–Trinajstić information content (AvgIpc) is 2.58. The third-order valence-corrected chi connectivity index (χ3v) is 3.66. The monoisotopic (exact) mass is 366 g/mol. The number of amides is 2. The van der Waals surface area contributed by atoms with Gasteiger partial charge in [0.15, 0.2) is 0 Å². The molecule has 140 valence electrons. The van der Waals surface area contributed by atoms with Crippen molar-refractivity contribution in [1.29, 1.82) is 0 Å². The molecule has 0 bridgehead atoms. The lowest BCUT2D eigenvalue weighted by molar-refractivity contribution is -0.137. The lowest BCUT2D eigenvalue weighted by Crippen LogP contribution is -2.32. The molecule has 0 radical (unpaired) electrons. The Morgan fingerprint density at radius 3 is 2.35 bits per heavy atom. The van der Waals surface area contributed by atoms with E-state index in [9.17, 15) is 18.0 Å². The highest BCUT2D eigenvalue weighted by Crippen LogP contribution is 2.29. The first-order valence-electron chi connectivity index (χ1n) is 8.21. The number of para-hydroxylation sites is 1. The van der Waals surface area contributed by atoms with Crippen LogP contribution in [0.2, 0.25) is 0 Å². The van der Waals surface area contributed by atoms with Gasteiger partial charge in [-0.25, -0.2) is 4.79 Å². The van der Waals surface area contributed by atoms with Gasteiger partial charge >= 0.3 is 12.2 Å². The minimum absolute atomic E-state index is 0.263. The minimum Gasteiger partial charge on any atom is -0.491 e. The highest BCUT2D eigenvalue weighted by molar-refractivity contribution is 5.89. The molecule has 0 aliphatic heterocycles. The zero-order valence-electron chi connectivity index (χ0n) is 14.6. The number of urea groups is 1. The average molecular weight is 366 g/mol. The molecule has 2 N–H and O–H groups in total. The SMILES string of the molecule is CC(C)c1ccccc1OCCNC(=O)Nc1ccc(C(F)(F)F)cc1. The van der Waals surface area contributed by atoms with E-state index in [1.54, 1.807) is 0 Å². The Morgan fingerprint density at radius 2 is 1.73 bits per heavy atom. The van der Waals surface area contributed by atoms with E-state index >= 15 is 0 Å². The van der Waals surface area contributed by atoms with Crippen LogP contribution in [0.25, 0.3) is 0 Å². The first-order valence-corrected chi connectivity index (χ1v) is 8.21. The van der Waals surface area contributed by atoms with Gasteiger partial charge in [0, 0.05) is 5.69 Å². The summed E-state index contributed by atoms with van der Waals surface area (Å²) < 4.78 is 43.2.